The Bertz CT molecular complexity index is 349. The number of nitrogens with one attached hydrogen (secondary N) is 1. The summed E-state index contributed by atoms with van der Waals surface area (Å²) in [5.74, 6) is -0.100. The molecule has 0 saturated carbocycles. The number of carbonyl (C=O) groups is 1. The van der Waals surface area contributed by atoms with Crippen LogP contribution in [0.15, 0.2) is 22.0 Å². The highest BCUT2D eigenvalue weighted by Gasteiger charge is 1.95. The summed E-state index contributed by atoms with van der Waals surface area (Å²) < 4.78 is 5.87. The number of ether oxygens (including phenoxy) is 1. The fraction of sp³-hybridized carbons (Fsp3) is 0.300. The molecule has 1 N–H and O–H groups in total. The van der Waals surface area contributed by atoms with Crippen molar-refractivity contribution in [2.45, 2.75) is 0 Å². The first-order valence-corrected chi connectivity index (χ1v) is 6.03. The first-order valence-electron chi connectivity index (χ1n) is 4.42. The van der Waals surface area contributed by atoms with Crippen molar-refractivity contribution < 1.29 is 9.53 Å². The van der Waals surface area contributed by atoms with Gasteiger partial charge in [0.15, 0.2) is 0 Å². The lowest BCUT2D eigenvalue weighted by molar-refractivity contribution is -0.116. The van der Waals surface area contributed by atoms with Gasteiger partial charge in [-0.2, -0.15) is 0 Å². The maximum atomic E-state index is 11.2. The van der Waals surface area contributed by atoms with Crippen LogP contribution in [0.4, 0.5) is 0 Å². The Kier molecular flexibility index (Phi) is 5.60. The van der Waals surface area contributed by atoms with E-state index in [1.165, 1.54) is 6.08 Å². The Morgan fingerprint density at radius 2 is 2.47 bits per heavy atom. The van der Waals surface area contributed by atoms with Gasteiger partial charge in [0.2, 0.25) is 5.91 Å². The van der Waals surface area contributed by atoms with E-state index in [2.05, 4.69) is 21.2 Å². The van der Waals surface area contributed by atoms with Gasteiger partial charge in [0.25, 0.3) is 0 Å². The van der Waals surface area contributed by atoms with Crippen LogP contribution < -0.4 is 5.32 Å². The van der Waals surface area contributed by atoms with Crippen molar-refractivity contribution in [2.24, 2.45) is 0 Å². The summed E-state index contributed by atoms with van der Waals surface area (Å²) in [6, 6.07) is 3.90. The Balaban J connectivity index is 2.34. The zero-order valence-corrected chi connectivity index (χ0v) is 10.7. The van der Waals surface area contributed by atoms with E-state index in [9.17, 15) is 4.79 Å². The van der Waals surface area contributed by atoms with E-state index in [1.54, 1.807) is 24.5 Å². The SMILES string of the molecule is COCCNC(=O)/C=C/c1ccc(Br)s1. The van der Waals surface area contributed by atoms with Gasteiger partial charge in [-0.3, -0.25) is 4.79 Å². The minimum absolute atomic E-state index is 0.100. The summed E-state index contributed by atoms with van der Waals surface area (Å²) in [4.78, 5) is 12.3. The minimum atomic E-state index is -0.100. The van der Waals surface area contributed by atoms with Gasteiger partial charge in [0, 0.05) is 24.6 Å². The second kappa shape index (κ2) is 6.76. The third-order valence-corrected chi connectivity index (χ3v) is 3.19. The second-order valence-electron chi connectivity index (χ2n) is 2.76. The van der Waals surface area contributed by atoms with Gasteiger partial charge in [0.05, 0.1) is 10.4 Å². The molecule has 0 unspecified atom stereocenters. The van der Waals surface area contributed by atoms with Crippen LogP contribution in [0.1, 0.15) is 4.88 Å². The molecule has 1 aromatic rings. The number of carbonyl (C=O) groups excluding carboxylic acids is 1. The van der Waals surface area contributed by atoms with Crippen LogP contribution in [0.25, 0.3) is 6.08 Å². The van der Waals surface area contributed by atoms with Gasteiger partial charge in [-0.05, 0) is 34.1 Å². The summed E-state index contributed by atoms with van der Waals surface area (Å²) in [7, 11) is 1.60. The maximum absolute atomic E-state index is 11.2. The average molecular weight is 290 g/mol. The van der Waals surface area contributed by atoms with Crippen LogP contribution in [0.3, 0.4) is 0 Å². The normalized spacial score (nSPS) is 10.8. The van der Waals surface area contributed by atoms with Crippen molar-refractivity contribution in [1.29, 1.82) is 0 Å². The predicted octanol–water partition coefficient (Wildman–Crippen LogP) is 2.29. The fourth-order valence-electron chi connectivity index (χ4n) is 0.911. The molecule has 0 atom stereocenters. The third kappa shape index (κ3) is 5.11. The summed E-state index contributed by atoms with van der Waals surface area (Å²) in [6.45, 7) is 1.07. The topological polar surface area (TPSA) is 38.3 Å². The molecule has 5 heteroatoms. The molecule has 1 heterocycles. The van der Waals surface area contributed by atoms with E-state index in [1.807, 2.05) is 12.1 Å². The van der Waals surface area contributed by atoms with Crippen molar-refractivity contribution in [3.63, 3.8) is 0 Å². The molecule has 1 rings (SSSR count). The third-order valence-electron chi connectivity index (χ3n) is 1.60. The number of hydrogen-bond donors (Lipinski definition) is 1. The molecule has 3 nitrogen and oxygen atoms in total. The van der Waals surface area contributed by atoms with Crippen LogP contribution in [0, 0.1) is 0 Å². The molecule has 82 valence electrons. The lowest BCUT2D eigenvalue weighted by Gasteiger charge is -1.99. The smallest absolute Gasteiger partial charge is 0.244 e. The van der Waals surface area contributed by atoms with E-state index in [0.717, 1.165) is 8.66 Å². The van der Waals surface area contributed by atoms with Crippen LogP contribution in [0.5, 0.6) is 0 Å². The molecular formula is C10H12BrNO2S. The van der Waals surface area contributed by atoms with E-state index >= 15 is 0 Å². The first kappa shape index (κ1) is 12.4. The molecule has 0 bridgehead atoms. The van der Waals surface area contributed by atoms with Crippen LogP contribution in [0.2, 0.25) is 0 Å². The van der Waals surface area contributed by atoms with Gasteiger partial charge >= 0.3 is 0 Å². The molecule has 0 spiro atoms. The summed E-state index contributed by atoms with van der Waals surface area (Å²) >= 11 is 4.94. The monoisotopic (exact) mass is 289 g/mol. The molecule has 1 amide bonds. The largest absolute Gasteiger partial charge is 0.383 e. The second-order valence-corrected chi connectivity index (χ2v) is 5.25. The fourth-order valence-corrected chi connectivity index (χ4v) is 2.24. The van der Waals surface area contributed by atoms with Crippen LogP contribution >= 0.6 is 27.3 Å². The first-order chi connectivity index (χ1) is 7.22. The highest BCUT2D eigenvalue weighted by atomic mass is 79.9. The van der Waals surface area contributed by atoms with Crippen LogP contribution in [-0.4, -0.2) is 26.2 Å². The predicted molar refractivity (Wildman–Crippen MR) is 65.9 cm³/mol. The van der Waals surface area contributed by atoms with E-state index in [-0.39, 0.29) is 5.91 Å². The molecule has 0 radical (unpaired) electrons. The number of rotatable bonds is 5. The van der Waals surface area contributed by atoms with E-state index in [4.69, 9.17) is 4.74 Å². The molecule has 0 aromatic carbocycles. The molecular weight excluding hydrogens is 278 g/mol. The summed E-state index contributed by atoms with van der Waals surface area (Å²) in [5, 5.41) is 2.70. The summed E-state index contributed by atoms with van der Waals surface area (Å²) in [6.07, 6.45) is 3.31. The lowest BCUT2D eigenvalue weighted by atomic mass is 10.4. The Labute approximate surface area is 101 Å². The van der Waals surface area contributed by atoms with Gasteiger partial charge in [-0.25, -0.2) is 0 Å². The molecule has 15 heavy (non-hydrogen) atoms. The van der Waals surface area contributed by atoms with E-state index < -0.39 is 0 Å². The Morgan fingerprint density at radius 1 is 1.67 bits per heavy atom. The number of hydrogen-bond acceptors (Lipinski definition) is 3. The molecule has 0 saturated heterocycles. The Morgan fingerprint density at radius 3 is 3.07 bits per heavy atom. The average Bonchev–Trinajstić information content (AvgIpc) is 2.62. The van der Waals surface area contributed by atoms with Crippen molar-refractivity contribution >= 4 is 39.2 Å². The Hall–Kier alpha value is -0.650. The highest BCUT2D eigenvalue weighted by molar-refractivity contribution is 9.11. The van der Waals surface area contributed by atoms with Gasteiger partial charge in [-0.1, -0.05) is 0 Å². The molecule has 0 fully saturated rings. The quantitative estimate of drug-likeness (QED) is 0.667. The van der Waals surface area contributed by atoms with Gasteiger partial charge in [0.1, 0.15) is 0 Å². The number of methoxy groups -OCH3 is 1. The zero-order chi connectivity index (χ0) is 11.1. The highest BCUT2D eigenvalue weighted by Crippen LogP contribution is 2.22. The van der Waals surface area contributed by atoms with Gasteiger partial charge < -0.3 is 10.1 Å². The number of thiophene rings is 1. The maximum Gasteiger partial charge on any atom is 0.244 e. The molecule has 0 aliphatic rings. The van der Waals surface area contributed by atoms with Crippen LogP contribution in [-0.2, 0) is 9.53 Å². The van der Waals surface area contributed by atoms with Crippen molar-refractivity contribution in [1.82, 2.24) is 5.32 Å². The summed E-state index contributed by atoms with van der Waals surface area (Å²) in [5.41, 5.74) is 0. The lowest BCUT2D eigenvalue weighted by Crippen LogP contribution is -2.24. The number of halogens is 1. The minimum Gasteiger partial charge on any atom is -0.383 e. The van der Waals surface area contributed by atoms with Crippen molar-refractivity contribution in [3.8, 4) is 0 Å². The zero-order valence-electron chi connectivity index (χ0n) is 8.33. The van der Waals surface area contributed by atoms with Gasteiger partial charge in [-0.15, -0.1) is 11.3 Å². The molecule has 0 aliphatic carbocycles. The molecule has 1 aromatic heterocycles. The standard InChI is InChI=1S/C10H12BrNO2S/c1-14-7-6-12-10(13)5-3-8-2-4-9(11)15-8/h2-5H,6-7H2,1H3,(H,12,13)/b5-3+. The molecule has 0 aliphatic heterocycles. The van der Waals surface area contributed by atoms with Crippen molar-refractivity contribution in [3.05, 3.63) is 26.9 Å². The van der Waals surface area contributed by atoms with E-state index in [0.29, 0.717) is 13.2 Å². The number of amides is 1. The van der Waals surface area contributed by atoms with Crippen molar-refractivity contribution in [2.75, 3.05) is 20.3 Å².